The minimum Gasteiger partial charge on any atom is -0.389 e. The van der Waals surface area contributed by atoms with Crippen molar-refractivity contribution < 1.29 is 23.0 Å². The number of hydrogen-bond acceptors (Lipinski definition) is 8. The summed E-state index contributed by atoms with van der Waals surface area (Å²) in [5.41, 5.74) is -2.01. The number of nitrogens with zero attached hydrogens (tertiary/aromatic N) is 5. The van der Waals surface area contributed by atoms with E-state index < -0.39 is 17.3 Å². The Kier molecular flexibility index (Phi) is 9.40. The SMILES string of the molecule is C#CCOCCCSN1CCC(Nc2ncc(C(F)(F)F)c(-c3cnn(CC(C)(C)O)c3)n2)CC1. The molecule has 0 saturated carbocycles. The maximum atomic E-state index is 13.6. The molecule has 192 valence electrons. The first-order valence-corrected chi connectivity index (χ1v) is 12.3. The van der Waals surface area contributed by atoms with Crippen molar-refractivity contribution in [2.45, 2.75) is 57.5 Å². The topological polar surface area (TPSA) is 88.3 Å². The van der Waals surface area contributed by atoms with Gasteiger partial charge in [0.1, 0.15) is 12.2 Å². The van der Waals surface area contributed by atoms with Gasteiger partial charge >= 0.3 is 6.18 Å². The van der Waals surface area contributed by atoms with Crippen molar-refractivity contribution in [3.63, 3.8) is 0 Å². The second-order valence-corrected chi connectivity index (χ2v) is 10.2. The third kappa shape index (κ3) is 8.68. The minimum atomic E-state index is -4.61. The van der Waals surface area contributed by atoms with Crippen molar-refractivity contribution in [3.8, 4) is 23.6 Å². The van der Waals surface area contributed by atoms with Crippen LogP contribution in [0.2, 0.25) is 0 Å². The summed E-state index contributed by atoms with van der Waals surface area (Å²) < 4.78 is 49.9. The molecule has 1 saturated heterocycles. The highest BCUT2D eigenvalue weighted by Gasteiger charge is 2.36. The van der Waals surface area contributed by atoms with Crippen LogP contribution in [-0.2, 0) is 17.5 Å². The quantitative estimate of drug-likeness (QED) is 0.268. The fourth-order valence-corrected chi connectivity index (χ4v) is 4.62. The molecular formula is C23H31F3N6O2S. The van der Waals surface area contributed by atoms with E-state index >= 15 is 0 Å². The summed E-state index contributed by atoms with van der Waals surface area (Å²) in [6.07, 6.45) is 6.68. The summed E-state index contributed by atoms with van der Waals surface area (Å²) in [6.45, 7) is 6.01. The second kappa shape index (κ2) is 12.1. The van der Waals surface area contributed by atoms with Crippen LogP contribution < -0.4 is 5.32 Å². The number of ether oxygens (including phenoxy) is 1. The molecule has 0 radical (unpaired) electrons. The van der Waals surface area contributed by atoms with Crippen molar-refractivity contribution in [1.29, 1.82) is 0 Å². The molecule has 12 heteroatoms. The number of anilines is 1. The first-order valence-electron chi connectivity index (χ1n) is 11.4. The van der Waals surface area contributed by atoms with E-state index in [0.717, 1.165) is 44.3 Å². The Balaban J connectivity index is 1.61. The molecule has 1 fully saturated rings. The van der Waals surface area contributed by atoms with Crippen molar-refractivity contribution in [2.75, 3.05) is 37.4 Å². The number of terminal acetylenes is 1. The van der Waals surface area contributed by atoms with Crippen LogP contribution in [0.15, 0.2) is 18.6 Å². The first-order chi connectivity index (χ1) is 16.5. The van der Waals surface area contributed by atoms with Crippen molar-refractivity contribution in [2.24, 2.45) is 0 Å². The van der Waals surface area contributed by atoms with Crippen LogP contribution in [0.4, 0.5) is 19.1 Å². The Morgan fingerprint density at radius 1 is 1.29 bits per heavy atom. The molecule has 2 N–H and O–H groups in total. The van der Waals surface area contributed by atoms with Crippen LogP contribution in [0.25, 0.3) is 11.3 Å². The van der Waals surface area contributed by atoms with Crippen LogP contribution in [0.1, 0.15) is 38.7 Å². The molecule has 0 spiro atoms. The van der Waals surface area contributed by atoms with E-state index in [-0.39, 0.29) is 29.8 Å². The van der Waals surface area contributed by atoms with E-state index in [2.05, 4.69) is 30.6 Å². The van der Waals surface area contributed by atoms with E-state index in [0.29, 0.717) is 13.2 Å². The Hall–Kier alpha value is -2.33. The van der Waals surface area contributed by atoms with Gasteiger partial charge in [-0.3, -0.25) is 8.99 Å². The molecule has 0 unspecified atom stereocenters. The molecule has 3 heterocycles. The smallest absolute Gasteiger partial charge is 0.389 e. The van der Waals surface area contributed by atoms with Crippen molar-refractivity contribution >= 4 is 17.9 Å². The fraction of sp³-hybridized carbons (Fsp3) is 0.609. The molecule has 0 amide bonds. The van der Waals surface area contributed by atoms with Crippen LogP contribution >= 0.6 is 11.9 Å². The zero-order chi connectivity index (χ0) is 25.5. The lowest BCUT2D eigenvalue weighted by molar-refractivity contribution is -0.137. The molecular weight excluding hydrogens is 481 g/mol. The van der Waals surface area contributed by atoms with E-state index in [1.807, 2.05) is 0 Å². The number of nitrogens with one attached hydrogen (secondary N) is 1. The summed E-state index contributed by atoms with van der Waals surface area (Å²) in [4.78, 5) is 8.15. The Labute approximate surface area is 207 Å². The largest absolute Gasteiger partial charge is 0.419 e. The van der Waals surface area contributed by atoms with Gasteiger partial charge in [-0.25, -0.2) is 9.97 Å². The zero-order valence-corrected chi connectivity index (χ0v) is 20.7. The monoisotopic (exact) mass is 512 g/mol. The van der Waals surface area contributed by atoms with Crippen LogP contribution in [0.3, 0.4) is 0 Å². The molecule has 3 rings (SSSR count). The number of aliphatic hydroxyl groups is 1. The fourth-order valence-electron chi connectivity index (χ4n) is 3.65. The molecule has 1 aliphatic rings. The van der Waals surface area contributed by atoms with Gasteiger partial charge in [0, 0.05) is 49.4 Å². The molecule has 0 atom stereocenters. The highest BCUT2D eigenvalue weighted by atomic mass is 32.2. The lowest BCUT2D eigenvalue weighted by Gasteiger charge is -2.31. The van der Waals surface area contributed by atoms with E-state index in [1.165, 1.54) is 17.1 Å². The maximum absolute atomic E-state index is 13.6. The second-order valence-electron chi connectivity index (χ2n) is 8.98. The minimum absolute atomic E-state index is 0.0632. The average molecular weight is 513 g/mol. The summed E-state index contributed by atoms with van der Waals surface area (Å²) in [6, 6.07) is 0.0632. The Morgan fingerprint density at radius 3 is 2.69 bits per heavy atom. The third-order valence-electron chi connectivity index (χ3n) is 5.23. The predicted octanol–water partition coefficient (Wildman–Crippen LogP) is 3.69. The summed E-state index contributed by atoms with van der Waals surface area (Å²) in [7, 11) is 0. The number of piperidine rings is 1. The zero-order valence-electron chi connectivity index (χ0n) is 19.9. The van der Waals surface area contributed by atoms with Gasteiger partial charge in [-0.1, -0.05) is 17.9 Å². The number of rotatable bonds is 11. The summed E-state index contributed by atoms with van der Waals surface area (Å²) in [5, 5.41) is 17.3. The number of alkyl halides is 3. The van der Waals surface area contributed by atoms with Gasteiger partial charge < -0.3 is 15.2 Å². The van der Waals surface area contributed by atoms with E-state index in [9.17, 15) is 18.3 Å². The van der Waals surface area contributed by atoms with Gasteiger partial charge in [-0.2, -0.15) is 18.3 Å². The summed E-state index contributed by atoms with van der Waals surface area (Å²) >= 11 is 1.76. The highest BCUT2D eigenvalue weighted by molar-refractivity contribution is 7.97. The number of aromatic nitrogens is 4. The Bertz CT molecular complexity index is 994. The van der Waals surface area contributed by atoms with E-state index in [4.69, 9.17) is 11.2 Å². The average Bonchev–Trinajstić information content (AvgIpc) is 3.23. The van der Waals surface area contributed by atoms with Crippen LogP contribution in [-0.4, -0.2) is 72.9 Å². The van der Waals surface area contributed by atoms with Gasteiger partial charge in [0.25, 0.3) is 0 Å². The third-order valence-corrected chi connectivity index (χ3v) is 6.43. The Morgan fingerprint density at radius 2 is 2.03 bits per heavy atom. The first kappa shape index (κ1) is 27.3. The lowest BCUT2D eigenvalue weighted by atomic mass is 10.1. The van der Waals surface area contributed by atoms with Gasteiger partial charge in [0.15, 0.2) is 0 Å². The van der Waals surface area contributed by atoms with Crippen LogP contribution in [0.5, 0.6) is 0 Å². The van der Waals surface area contributed by atoms with Gasteiger partial charge in [0.2, 0.25) is 5.95 Å². The van der Waals surface area contributed by atoms with Gasteiger partial charge in [-0.05, 0) is 33.1 Å². The molecule has 2 aromatic rings. The van der Waals surface area contributed by atoms with Crippen molar-refractivity contribution in [1.82, 2.24) is 24.1 Å². The molecule has 35 heavy (non-hydrogen) atoms. The van der Waals surface area contributed by atoms with Gasteiger partial charge in [-0.15, -0.1) is 6.42 Å². The normalized spacial score (nSPS) is 15.8. The maximum Gasteiger partial charge on any atom is 0.419 e. The van der Waals surface area contributed by atoms with Gasteiger partial charge in [0.05, 0.1) is 24.0 Å². The van der Waals surface area contributed by atoms with Crippen molar-refractivity contribution in [3.05, 3.63) is 24.2 Å². The lowest BCUT2D eigenvalue weighted by Crippen LogP contribution is -2.36. The molecule has 0 bridgehead atoms. The van der Waals surface area contributed by atoms with Crippen LogP contribution in [0, 0.1) is 12.3 Å². The molecule has 8 nitrogen and oxygen atoms in total. The highest BCUT2D eigenvalue weighted by Crippen LogP contribution is 2.36. The molecule has 0 aliphatic carbocycles. The number of hydrogen-bond donors (Lipinski definition) is 2. The molecule has 0 aromatic carbocycles. The molecule has 1 aliphatic heterocycles. The molecule has 2 aromatic heterocycles. The van der Waals surface area contributed by atoms with E-state index in [1.54, 1.807) is 25.8 Å². The predicted molar refractivity (Wildman–Crippen MR) is 129 cm³/mol. The standard InChI is InChI=1S/C23H31F3N6O2S/c1-4-10-34-11-5-12-35-32-8-6-18(7-9-32)29-21-27-14-19(23(24,25)26)20(30-21)17-13-28-31(15-17)16-22(2,3)33/h1,13-15,18,33H,5-12,16H2,2-3H3,(H,27,29,30). The number of halogens is 3. The summed E-state index contributed by atoms with van der Waals surface area (Å²) in [5.74, 6) is 3.53.